The molecule has 0 N–H and O–H groups in total. The zero-order chi connectivity index (χ0) is 16.6. The second-order valence-electron chi connectivity index (χ2n) is 5.92. The normalized spacial score (nSPS) is 22.6. The number of nitrogens with zero attached hydrogens (tertiary/aromatic N) is 1. The monoisotopic (exact) mass is 309 g/mol. The Labute approximate surface area is 135 Å². The van der Waals surface area contributed by atoms with Gasteiger partial charge in [-0.1, -0.05) is 48.5 Å². The molecule has 4 heteroatoms. The first-order valence-corrected chi connectivity index (χ1v) is 7.58. The van der Waals surface area contributed by atoms with Gasteiger partial charge in [0.15, 0.2) is 6.10 Å². The summed E-state index contributed by atoms with van der Waals surface area (Å²) in [6, 6.07) is 17.3. The third-order valence-corrected chi connectivity index (χ3v) is 4.39. The van der Waals surface area contributed by atoms with Crippen LogP contribution in [0.25, 0.3) is 0 Å². The molecule has 0 spiro atoms. The maximum Gasteiger partial charge on any atom is 0.303 e. The van der Waals surface area contributed by atoms with E-state index in [1.54, 1.807) is 4.90 Å². The summed E-state index contributed by atoms with van der Waals surface area (Å²) in [4.78, 5) is 25.8. The van der Waals surface area contributed by atoms with E-state index in [1.165, 1.54) is 13.8 Å². The molecule has 3 rings (SSSR count). The van der Waals surface area contributed by atoms with E-state index in [2.05, 4.69) is 0 Å². The smallest absolute Gasteiger partial charge is 0.303 e. The molecule has 0 aliphatic carbocycles. The summed E-state index contributed by atoms with van der Waals surface area (Å²) < 4.78 is 5.66. The van der Waals surface area contributed by atoms with Crippen LogP contribution in [0.5, 0.6) is 0 Å². The van der Waals surface area contributed by atoms with Gasteiger partial charge in [-0.25, -0.2) is 0 Å². The molecule has 118 valence electrons. The van der Waals surface area contributed by atoms with Crippen molar-refractivity contribution in [2.45, 2.75) is 32.4 Å². The predicted molar refractivity (Wildman–Crippen MR) is 87.9 cm³/mol. The molecular formula is C19H19NO3. The molecule has 0 fully saturated rings. The molecule has 1 heterocycles. The van der Waals surface area contributed by atoms with Gasteiger partial charge in [0.05, 0.1) is 5.69 Å². The number of para-hydroxylation sites is 1. The molecule has 0 unspecified atom stereocenters. The number of hydrogen-bond acceptors (Lipinski definition) is 3. The number of ether oxygens (including phenoxy) is 1. The summed E-state index contributed by atoms with van der Waals surface area (Å²) in [6.45, 7) is 4.87. The van der Waals surface area contributed by atoms with Gasteiger partial charge in [0, 0.05) is 19.4 Å². The average Bonchev–Trinajstić information content (AvgIpc) is 2.78. The van der Waals surface area contributed by atoms with Crippen LogP contribution in [0.2, 0.25) is 0 Å². The molecule has 0 saturated carbocycles. The summed E-state index contributed by atoms with van der Waals surface area (Å²) in [5.41, 5.74) is 1.79. The molecule has 2 aromatic rings. The molecule has 2 aromatic carbocycles. The molecule has 0 aromatic heterocycles. The van der Waals surface area contributed by atoms with Crippen molar-refractivity contribution in [2.75, 3.05) is 4.90 Å². The second-order valence-corrected chi connectivity index (χ2v) is 5.92. The first-order chi connectivity index (χ1) is 11.0. The maximum absolute atomic E-state index is 12.4. The van der Waals surface area contributed by atoms with Crippen LogP contribution in [0.4, 0.5) is 5.69 Å². The molecule has 1 amide bonds. The van der Waals surface area contributed by atoms with Crippen LogP contribution in [0.3, 0.4) is 0 Å². The highest BCUT2D eigenvalue weighted by atomic mass is 16.5. The van der Waals surface area contributed by atoms with Crippen molar-refractivity contribution in [1.29, 1.82) is 0 Å². The molecular weight excluding hydrogens is 290 g/mol. The van der Waals surface area contributed by atoms with Crippen LogP contribution in [0.15, 0.2) is 54.6 Å². The fourth-order valence-electron chi connectivity index (χ4n) is 3.48. The average molecular weight is 309 g/mol. The van der Waals surface area contributed by atoms with Crippen LogP contribution in [0.1, 0.15) is 38.0 Å². The number of carbonyl (C=O) groups is 2. The lowest BCUT2D eigenvalue weighted by Crippen LogP contribution is -2.47. The summed E-state index contributed by atoms with van der Waals surface area (Å²) in [7, 11) is 0. The number of benzene rings is 2. The Bertz CT molecular complexity index is 756. The van der Waals surface area contributed by atoms with E-state index in [9.17, 15) is 9.59 Å². The number of amides is 1. The maximum atomic E-state index is 12.4. The number of rotatable bonds is 2. The van der Waals surface area contributed by atoms with Gasteiger partial charge in [-0.15, -0.1) is 0 Å². The quantitative estimate of drug-likeness (QED) is 0.797. The topological polar surface area (TPSA) is 46.6 Å². The minimum Gasteiger partial charge on any atom is -0.455 e. The van der Waals surface area contributed by atoms with E-state index in [1.807, 2.05) is 61.5 Å². The molecule has 0 radical (unpaired) electrons. The van der Waals surface area contributed by atoms with Crippen molar-refractivity contribution < 1.29 is 14.3 Å². The Balaban J connectivity index is 2.25. The lowest BCUT2D eigenvalue weighted by molar-refractivity contribution is -0.150. The minimum atomic E-state index is -0.775. The van der Waals surface area contributed by atoms with E-state index in [4.69, 9.17) is 4.74 Å². The predicted octanol–water partition coefficient (Wildman–Crippen LogP) is 3.57. The summed E-state index contributed by atoms with van der Waals surface area (Å²) in [5, 5.41) is 0. The largest absolute Gasteiger partial charge is 0.455 e. The van der Waals surface area contributed by atoms with Crippen LogP contribution in [-0.4, -0.2) is 11.9 Å². The molecule has 23 heavy (non-hydrogen) atoms. The molecule has 0 bridgehead atoms. The van der Waals surface area contributed by atoms with Crippen molar-refractivity contribution in [3.63, 3.8) is 0 Å². The standard InChI is InChI=1S/C19H19NO3/c1-13(21)20-17-12-8-7-11-16(17)18(23-14(2)22)19(20,3)15-9-5-4-6-10-15/h4-12,18H,1-3H3/t18-,19+/m1/s1. The zero-order valence-corrected chi connectivity index (χ0v) is 13.4. The van der Waals surface area contributed by atoms with Gasteiger partial charge in [0.1, 0.15) is 5.54 Å². The third kappa shape index (κ3) is 2.31. The Morgan fingerprint density at radius 3 is 2.22 bits per heavy atom. The number of hydrogen-bond donors (Lipinski definition) is 0. The van der Waals surface area contributed by atoms with E-state index in [0.29, 0.717) is 0 Å². The van der Waals surface area contributed by atoms with Gasteiger partial charge < -0.3 is 4.74 Å². The van der Waals surface area contributed by atoms with E-state index < -0.39 is 11.6 Å². The molecule has 2 atom stereocenters. The van der Waals surface area contributed by atoms with Crippen molar-refractivity contribution in [1.82, 2.24) is 0 Å². The van der Waals surface area contributed by atoms with Gasteiger partial charge in [-0.2, -0.15) is 0 Å². The van der Waals surface area contributed by atoms with E-state index in [0.717, 1.165) is 16.8 Å². The van der Waals surface area contributed by atoms with Crippen LogP contribution in [-0.2, 0) is 19.9 Å². The highest BCUT2D eigenvalue weighted by Crippen LogP contribution is 2.53. The van der Waals surface area contributed by atoms with Crippen molar-refractivity contribution in [2.24, 2.45) is 0 Å². The number of fused-ring (bicyclic) bond motifs is 1. The zero-order valence-electron chi connectivity index (χ0n) is 13.4. The lowest BCUT2D eigenvalue weighted by atomic mass is 9.85. The molecule has 1 aliphatic rings. The lowest BCUT2D eigenvalue weighted by Gasteiger charge is -2.38. The van der Waals surface area contributed by atoms with Crippen molar-refractivity contribution >= 4 is 17.6 Å². The fourth-order valence-corrected chi connectivity index (χ4v) is 3.48. The second kappa shape index (κ2) is 5.54. The molecule has 0 saturated heterocycles. The van der Waals surface area contributed by atoms with Gasteiger partial charge in [0.25, 0.3) is 0 Å². The molecule has 1 aliphatic heterocycles. The van der Waals surface area contributed by atoms with Gasteiger partial charge in [-0.05, 0) is 18.6 Å². The van der Waals surface area contributed by atoms with E-state index in [-0.39, 0.29) is 11.9 Å². The molecule has 4 nitrogen and oxygen atoms in total. The number of anilines is 1. The van der Waals surface area contributed by atoms with Crippen molar-refractivity contribution in [3.05, 3.63) is 65.7 Å². The number of carbonyl (C=O) groups excluding carboxylic acids is 2. The summed E-state index contributed by atoms with van der Waals surface area (Å²) in [5.74, 6) is -0.448. The Morgan fingerprint density at radius 2 is 1.61 bits per heavy atom. The van der Waals surface area contributed by atoms with Crippen LogP contribution >= 0.6 is 0 Å². The Kier molecular flexibility index (Phi) is 3.68. The highest BCUT2D eigenvalue weighted by molar-refractivity contribution is 5.96. The third-order valence-electron chi connectivity index (χ3n) is 4.39. The van der Waals surface area contributed by atoms with E-state index >= 15 is 0 Å². The number of esters is 1. The summed E-state index contributed by atoms with van der Waals surface area (Å²) in [6.07, 6.45) is -0.539. The summed E-state index contributed by atoms with van der Waals surface area (Å²) >= 11 is 0. The van der Waals surface area contributed by atoms with Crippen LogP contribution < -0.4 is 4.90 Å². The Morgan fingerprint density at radius 1 is 1.00 bits per heavy atom. The van der Waals surface area contributed by atoms with Crippen LogP contribution in [0, 0.1) is 0 Å². The van der Waals surface area contributed by atoms with Gasteiger partial charge in [0.2, 0.25) is 5.91 Å². The van der Waals surface area contributed by atoms with Gasteiger partial charge in [-0.3, -0.25) is 14.5 Å². The van der Waals surface area contributed by atoms with Crippen molar-refractivity contribution in [3.8, 4) is 0 Å². The fraction of sp³-hybridized carbons (Fsp3) is 0.263. The minimum absolute atomic E-state index is 0.0848. The van der Waals surface area contributed by atoms with Gasteiger partial charge >= 0.3 is 5.97 Å². The Hall–Kier alpha value is -2.62. The first-order valence-electron chi connectivity index (χ1n) is 7.58. The first kappa shape index (κ1) is 15.3. The highest BCUT2D eigenvalue weighted by Gasteiger charge is 2.53. The SMILES string of the molecule is CC(=O)O[C@@H]1c2ccccc2N(C(C)=O)[C@@]1(C)c1ccccc1.